The summed E-state index contributed by atoms with van der Waals surface area (Å²) in [5.41, 5.74) is 1.26. The summed E-state index contributed by atoms with van der Waals surface area (Å²) >= 11 is 0. The van der Waals surface area contributed by atoms with E-state index in [9.17, 15) is 5.11 Å². The number of furan rings is 1. The Morgan fingerprint density at radius 1 is 1.18 bits per heavy atom. The molecule has 0 spiro atoms. The second-order valence-electron chi connectivity index (χ2n) is 5.94. The first-order valence-electron chi connectivity index (χ1n) is 7.87. The van der Waals surface area contributed by atoms with Crippen LogP contribution in [0.1, 0.15) is 23.8 Å². The summed E-state index contributed by atoms with van der Waals surface area (Å²) in [5.74, 6) is 1.17. The van der Waals surface area contributed by atoms with E-state index in [0.29, 0.717) is 18.2 Å². The van der Waals surface area contributed by atoms with Crippen molar-refractivity contribution in [2.45, 2.75) is 19.1 Å². The molecule has 0 unspecified atom stereocenters. The molecule has 22 heavy (non-hydrogen) atoms. The molecule has 1 saturated heterocycles. The maximum Gasteiger partial charge on any atom is 0.133 e. The van der Waals surface area contributed by atoms with Crippen LogP contribution < -0.4 is 0 Å². The van der Waals surface area contributed by atoms with E-state index in [1.165, 1.54) is 5.56 Å². The van der Waals surface area contributed by atoms with Gasteiger partial charge in [0.25, 0.3) is 0 Å². The van der Waals surface area contributed by atoms with Gasteiger partial charge in [0.05, 0.1) is 12.9 Å². The van der Waals surface area contributed by atoms with Gasteiger partial charge >= 0.3 is 0 Å². The summed E-state index contributed by atoms with van der Waals surface area (Å²) in [5, 5.41) is 10.4. The molecule has 1 aliphatic rings. The number of rotatable bonds is 7. The van der Waals surface area contributed by atoms with Gasteiger partial charge in [0, 0.05) is 26.2 Å². The molecular formula is C18H23NO3. The van der Waals surface area contributed by atoms with Crippen LogP contribution >= 0.6 is 0 Å². The van der Waals surface area contributed by atoms with Crippen molar-refractivity contribution in [2.75, 3.05) is 26.3 Å². The molecule has 1 aromatic heterocycles. The molecule has 4 nitrogen and oxygen atoms in total. The zero-order valence-corrected chi connectivity index (χ0v) is 12.7. The Bertz CT molecular complexity index is 535. The van der Waals surface area contributed by atoms with E-state index in [1.54, 1.807) is 6.26 Å². The summed E-state index contributed by atoms with van der Waals surface area (Å²) in [6.45, 7) is 4.01. The molecule has 118 valence electrons. The van der Waals surface area contributed by atoms with Crippen LogP contribution in [0.3, 0.4) is 0 Å². The molecule has 1 N–H and O–H groups in total. The van der Waals surface area contributed by atoms with Gasteiger partial charge in [0.2, 0.25) is 0 Å². The van der Waals surface area contributed by atoms with Gasteiger partial charge in [0.15, 0.2) is 0 Å². The molecule has 0 radical (unpaired) electrons. The van der Waals surface area contributed by atoms with Gasteiger partial charge in [-0.2, -0.15) is 0 Å². The monoisotopic (exact) mass is 301 g/mol. The summed E-state index contributed by atoms with van der Waals surface area (Å²) < 4.78 is 10.8. The second-order valence-corrected chi connectivity index (χ2v) is 5.94. The predicted octanol–water partition coefficient (Wildman–Crippen LogP) is 2.85. The molecule has 0 aliphatic carbocycles. The Hall–Kier alpha value is -1.62. The van der Waals surface area contributed by atoms with Gasteiger partial charge in [-0.15, -0.1) is 0 Å². The minimum Gasteiger partial charge on any atom is -0.467 e. The first kappa shape index (κ1) is 15.3. The summed E-state index contributed by atoms with van der Waals surface area (Å²) in [6.07, 6.45) is 2.11. The van der Waals surface area contributed by atoms with Crippen molar-refractivity contribution < 1.29 is 14.3 Å². The summed E-state index contributed by atoms with van der Waals surface area (Å²) in [4.78, 5) is 2.29. The highest BCUT2D eigenvalue weighted by Crippen LogP contribution is 2.20. The Balaban J connectivity index is 1.64. The topological polar surface area (TPSA) is 45.8 Å². The lowest BCUT2D eigenvalue weighted by Crippen LogP contribution is -2.33. The average Bonchev–Trinajstić information content (AvgIpc) is 3.21. The Labute approximate surface area is 131 Å². The van der Waals surface area contributed by atoms with Crippen molar-refractivity contribution in [3.8, 4) is 0 Å². The zero-order valence-electron chi connectivity index (χ0n) is 12.7. The van der Waals surface area contributed by atoms with E-state index >= 15 is 0 Å². The number of aliphatic hydroxyl groups excluding tert-OH is 1. The Morgan fingerprint density at radius 2 is 2.05 bits per heavy atom. The van der Waals surface area contributed by atoms with Crippen molar-refractivity contribution in [2.24, 2.45) is 5.92 Å². The fraction of sp³-hybridized carbons (Fsp3) is 0.444. The molecule has 3 rings (SSSR count). The lowest BCUT2D eigenvalue weighted by atomic mass is 10.1. The number of nitrogens with zero attached hydrogens (tertiary/aromatic N) is 1. The molecule has 0 saturated carbocycles. The first-order chi connectivity index (χ1) is 10.8. The maximum absolute atomic E-state index is 10.4. The smallest absolute Gasteiger partial charge is 0.133 e. The molecule has 2 atom stereocenters. The van der Waals surface area contributed by atoms with Gasteiger partial charge in [-0.3, -0.25) is 4.90 Å². The first-order valence-corrected chi connectivity index (χ1v) is 7.87. The van der Waals surface area contributed by atoms with Gasteiger partial charge in [-0.1, -0.05) is 30.3 Å². The van der Waals surface area contributed by atoms with Crippen molar-refractivity contribution in [3.05, 3.63) is 60.1 Å². The normalized spacial score (nSPS) is 19.6. The van der Waals surface area contributed by atoms with Crippen LogP contribution in [0.2, 0.25) is 0 Å². The standard InChI is InChI=1S/C18H23NO3/c20-17(18-7-4-9-22-18)13-19(12-16-8-10-21-14-16)11-15-5-2-1-3-6-15/h1-7,9,16-17,20H,8,10-14H2/t16-,17+/m1/s1. The molecule has 0 amide bonds. The maximum atomic E-state index is 10.4. The predicted molar refractivity (Wildman–Crippen MR) is 84.3 cm³/mol. The lowest BCUT2D eigenvalue weighted by molar-refractivity contribution is 0.0797. The number of hydrogen-bond acceptors (Lipinski definition) is 4. The van der Waals surface area contributed by atoms with Crippen molar-refractivity contribution in [1.29, 1.82) is 0 Å². The third-order valence-corrected chi connectivity index (χ3v) is 4.09. The fourth-order valence-corrected chi connectivity index (χ4v) is 2.95. The quantitative estimate of drug-likeness (QED) is 0.854. The molecule has 0 bridgehead atoms. The minimum absolute atomic E-state index is 0.549. The van der Waals surface area contributed by atoms with Crippen LogP contribution in [0.15, 0.2) is 53.1 Å². The zero-order chi connectivity index (χ0) is 15.2. The summed E-state index contributed by atoms with van der Waals surface area (Å²) in [6, 6.07) is 14.0. The van der Waals surface area contributed by atoms with Gasteiger partial charge in [-0.25, -0.2) is 0 Å². The molecule has 4 heteroatoms. The van der Waals surface area contributed by atoms with E-state index in [4.69, 9.17) is 9.15 Å². The SMILES string of the molecule is O[C@@H](CN(Cc1ccccc1)C[C@H]1CCOC1)c1ccco1. The Kier molecular flexibility index (Phi) is 5.27. The molecule has 1 aliphatic heterocycles. The molecule has 2 aromatic rings. The van der Waals surface area contributed by atoms with Crippen LogP contribution in [-0.4, -0.2) is 36.3 Å². The van der Waals surface area contributed by atoms with E-state index in [2.05, 4.69) is 29.2 Å². The number of hydrogen-bond donors (Lipinski definition) is 1. The summed E-state index contributed by atoms with van der Waals surface area (Å²) in [7, 11) is 0. The van der Waals surface area contributed by atoms with Crippen molar-refractivity contribution >= 4 is 0 Å². The van der Waals surface area contributed by atoms with E-state index in [0.717, 1.165) is 32.7 Å². The average molecular weight is 301 g/mol. The number of aliphatic hydroxyl groups is 1. The van der Waals surface area contributed by atoms with Gasteiger partial charge in [-0.05, 0) is 30.0 Å². The highest BCUT2D eigenvalue weighted by atomic mass is 16.5. The second kappa shape index (κ2) is 7.58. The molecule has 1 aromatic carbocycles. The van der Waals surface area contributed by atoms with Crippen LogP contribution in [-0.2, 0) is 11.3 Å². The van der Waals surface area contributed by atoms with Crippen molar-refractivity contribution in [1.82, 2.24) is 4.90 Å². The van der Waals surface area contributed by atoms with E-state index in [-0.39, 0.29) is 0 Å². The van der Waals surface area contributed by atoms with Crippen LogP contribution in [0.5, 0.6) is 0 Å². The largest absolute Gasteiger partial charge is 0.467 e. The van der Waals surface area contributed by atoms with Gasteiger partial charge in [0.1, 0.15) is 11.9 Å². The highest BCUT2D eigenvalue weighted by molar-refractivity contribution is 5.14. The van der Waals surface area contributed by atoms with Gasteiger partial charge < -0.3 is 14.3 Å². The van der Waals surface area contributed by atoms with E-state index < -0.39 is 6.10 Å². The molecule has 1 fully saturated rings. The minimum atomic E-state index is -0.596. The van der Waals surface area contributed by atoms with Crippen molar-refractivity contribution in [3.63, 3.8) is 0 Å². The number of ether oxygens (including phenoxy) is 1. The van der Waals surface area contributed by atoms with Crippen LogP contribution in [0.25, 0.3) is 0 Å². The number of benzene rings is 1. The lowest BCUT2D eigenvalue weighted by Gasteiger charge is -2.26. The fourth-order valence-electron chi connectivity index (χ4n) is 2.95. The van der Waals surface area contributed by atoms with Crippen LogP contribution in [0.4, 0.5) is 0 Å². The highest BCUT2D eigenvalue weighted by Gasteiger charge is 2.22. The van der Waals surface area contributed by atoms with E-state index in [1.807, 2.05) is 18.2 Å². The molecule has 2 heterocycles. The molecular weight excluding hydrogens is 278 g/mol. The van der Waals surface area contributed by atoms with Crippen LogP contribution in [0, 0.1) is 5.92 Å². The third kappa shape index (κ3) is 4.19. The Morgan fingerprint density at radius 3 is 2.73 bits per heavy atom. The third-order valence-electron chi connectivity index (χ3n) is 4.09.